The largest absolute Gasteiger partial charge is 0.472 e. The van der Waals surface area contributed by atoms with Crippen LogP contribution in [0.4, 0.5) is 0 Å². The van der Waals surface area contributed by atoms with Crippen LogP contribution in [0.3, 0.4) is 0 Å². The van der Waals surface area contributed by atoms with Gasteiger partial charge in [-0.05, 0) is 19.3 Å². The van der Waals surface area contributed by atoms with Gasteiger partial charge in [-0.15, -0.1) is 0 Å². The van der Waals surface area contributed by atoms with Gasteiger partial charge in [0.1, 0.15) is 0 Å². The van der Waals surface area contributed by atoms with Crippen LogP contribution in [0.25, 0.3) is 0 Å². The van der Waals surface area contributed by atoms with E-state index in [0.29, 0.717) is 6.42 Å². The van der Waals surface area contributed by atoms with Gasteiger partial charge in [0, 0.05) is 13.0 Å². The molecule has 0 bridgehead atoms. The molecule has 9 heteroatoms. The molecule has 1 unspecified atom stereocenters. The van der Waals surface area contributed by atoms with E-state index in [2.05, 4.69) is 19.2 Å². The summed E-state index contributed by atoms with van der Waals surface area (Å²) in [5, 5.41) is 13.7. The Bertz CT molecular complexity index is 906. The molecule has 0 rings (SSSR count). The number of unbranched alkanes of at least 4 members (excludes halogenated alkanes) is 35. The Balaban J connectivity index is 4.03. The average molecular weight is 829 g/mol. The highest BCUT2D eigenvalue weighted by Crippen LogP contribution is 2.43. The molecule has 0 aromatic rings. The van der Waals surface area contributed by atoms with Crippen molar-refractivity contribution in [1.29, 1.82) is 0 Å². The lowest BCUT2D eigenvalue weighted by atomic mass is 10.0. The van der Waals surface area contributed by atoms with Crippen LogP contribution in [0.5, 0.6) is 0 Å². The van der Waals surface area contributed by atoms with E-state index in [1.54, 1.807) is 6.08 Å². The molecule has 0 fully saturated rings. The lowest BCUT2D eigenvalue weighted by Gasteiger charge is -2.23. The molecule has 0 saturated heterocycles. The summed E-state index contributed by atoms with van der Waals surface area (Å²) in [4.78, 5) is 22.8. The number of nitrogens with one attached hydrogen (secondary N) is 1. The van der Waals surface area contributed by atoms with Gasteiger partial charge in [-0.25, -0.2) is 4.57 Å². The number of rotatable bonds is 47. The van der Waals surface area contributed by atoms with Gasteiger partial charge < -0.3 is 21.1 Å². The number of amides is 1. The maximum absolute atomic E-state index is 12.8. The van der Waals surface area contributed by atoms with Crippen LogP contribution in [0.2, 0.25) is 0 Å². The highest BCUT2D eigenvalue weighted by atomic mass is 31.2. The number of aliphatic hydroxyl groups excluding tert-OH is 1. The highest BCUT2D eigenvalue weighted by molar-refractivity contribution is 7.47. The SMILES string of the molecule is CCCCCCCCCCCCCCC/C=C/[C@@H](O)[C@H](COP(=O)(O)OCCN)NC(=O)CCCCCCCCCCCCCCCCCCCCCCCCC. The summed E-state index contributed by atoms with van der Waals surface area (Å²) in [7, 11) is -4.34. The van der Waals surface area contributed by atoms with E-state index in [1.807, 2.05) is 6.08 Å². The molecule has 0 aliphatic rings. The van der Waals surface area contributed by atoms with E-state index in [4.69, 9.17) is 14.8 Å². The molecule has 3 atom stereocenters. The van der Waals surface area contributed by atoms with Gasteiger partial charge in [-0.2, -0.15) is 0 Å². The summed E-state index contributed by atoms with van der Waals surface area (Å²) in [6.45, 7) is 4.17. The molecule has 0 spiro atoms. The first-order chi connectivity index (χ1) is 27.9. The average Bonchev–Trinajstić information content (AvgIpc) is 3.20. The number of allylic oxidation sites excluding steroid dienone is 1. The second kappa shape index (κ2) is 44.8. The summed E-state index contributed by atoms with van der Waals surface area (Å²) in [6.07, 6.45) is 51.3. The van der Waals surface area contributed by atoms with E-state index < -0.39 is 20.0 Å². The van der Waals surface area contributed by atoms with Crippen molar-refractivity contribution in [2.45, 2.75) is 270 Å². The molecule has 1 amide bonds. The van der Waals surface area contributed by atoms with Gasteiger partial charge in [-0.1, -0.05) is 244 Å². The predicted molar refractivity (Wildman–Crippen MR) is 245 cm³/mol. The number of hydrogen-bond donors (Lipinski definition) is 4. The minimum Gasteiger partial charge on any atom is -0.387 e. The number of phosphoric acid groups is 1. The first-order valence-corrected chi connectivity index (χ1v) is 26.3. The van der Waals surface area contributed by atoms with Crippen LogP contribution in [0, 0.1) is 0 Å². The van der Waals surface area contributed by atoms with Crippen LogP contribution < -0.4 is 11.1 Å². The van der Waals surface area contributed by atoms with Crippen molar-refractivity contribution in [3.05, 3.63) is 12.2 Å². The van der Waals surface area contributed by atoms with Crippen molar-refractivity contribution in [3.8, 4) is 0 Å². The second-order valence-corrected chi connectivity index (χ2v) is 18.5. The van der Waals surface area contributed by atoms with Crippen molar-refractivity contribution in [1.82, 2.24) is 5.32 Å². The highest BCUT2D eigenvalue weighted by Gasteiger charge is 2.26. The van der Waals surface area contributed by atoms with Gasteiger partial charge >= 0.3 is 7.82 Å². The summed E-state index contributed by atoms with van der Waals surface area (Å²) < 4.78 is 22.2. The number of carbonyl (C=O) groups excluding carboxylic acids is 1. The van der Waals surface area contributed by atoms with Crippen molar-refractivity contribution in [3.63, 3.8) is 0 Å². The summed E-state index contributed by atoms with van der Waals surface area (Å²) >= 11 is 0. The quantitative estimate of drug-likeness (QED) is 0.0273. The number of hydrogen-bond acceptors (Lipinski definition) is 6. The van der Waals surface area contributed by atoms with E-state index in [1.165, 1.54) is 199 Å². The van der Waals surface area contributed by atoms with Gasteiger partial charge in [-0.3, -0.25) is 13.8 Å². The maximum Gasteiger partial charge on any atom is 0.472 e. The molecular formula is C48H97N2O6P. The Morgan fingerprint density at radius 2 is 0.895 bits per heavy atom. The molecule has 0 aromatic heterocycles. The Morgan fingerprint density at radius 1 is 0.561 bits per heavy atom. The van der Waals surface area contributed by atoms with Crippen LogP contribution >= 0.6 is 7.82 Å². The van der Waals surface area contributed by atoms with Crippen molar-refractivity contribution in [2.24, 2.45) is 5.73 Å². The minimum atomic E-state index is -4.34. The maximum atomic E-state index is 12.8. The molecule has 57 heavy (non-hydrogen) atoms. The second-order valence-electron chi connectivity index (χ2n) is 17.0. The van der Waals surface area contributed by atoms with E-state index in [-0.39, 0.29) is 25.7 Å². The van der Waals surface area contributed by atoms with Crippen LogP contribution in [0.1, 0.15) is 258 Å². The first kappa shape index (κ1) is 56.2. The molecule has 0 aliphatic carbocycles. The smallest absolute Gasteiger partial charge is 0.387 e. The fourth-order valence-corrected chi connectivity index (χ4v) is 8.36. The fourth-order valence-electron chi connectivity index (χ4n) is 7.61. The molecule has 5 N–H and O–H groups in total. The molecule has 340 valence electrons. The third-order valence-corrected chi connectivity index (χ3v) is 12.3. The molecule has 0 aliphatic heterocycles. The molecule has 0 saturated carbocycles. The van der Waals surface area contributed by atoms with Crippen molar-refractivity contribution < 1.29 is 28.4 Å². The van der Waals surface area contributed by atoms with Gasteiger partial charge in [0.15, 0.2) is 0 Å². The standard InChI is InChI=1S/C48H97N2O6P/c1-3-5-7-9-11-13-15-17-19-20-21-22-23-24-25-26-28-30-32-34-36-38-40-42-48(52)50-46(45-56-57(53,54)55-44-43-49)47(51)41-39-37-35-33-31-29-27-18-16-14-12-10-8-6-4-2/h39,41,46-47,51H,3-38,40,42-45,49H2,1-2H3,(H,50,52)(H,53,54)/b41-39+/t46-,47+/m0/s1. The number of nitrogens with two attached hydrogens (primary N) is 1. The Morgan fingerprint density at radius 3 is 1.25 bits per heavy atom. The zero-order chi connectivity index (χ0) is 41.8. The summed E-state index contributed by atoms with van der Waals surface area (Å²) in [5.74, 6) is -0.188. The van der Waals surface area contributed by atoms with E-state index in [0.717, 1.165) is 38.5 Å². The number of carbonyl (C=O) groups is 1. The zero-order valence-electron chi connectivity index (χ0n) is 37.9. The van der Waals surface area contributed by atoms with Gasteiger partial charge in [0.2, 0.25) is 5.91 Å². The zero-order valence-corrected chi connectivity index (χ0v) is 38.7. The van der Waals surface area contributed by atoms with Crippen molar-refractivity contribution >= 4 is 13.7 Å². The number of aliphatic hydroxyl groups is 1. The third kappa shape index (κ3) is 43.1. The Hall–Kier alpha value is -0.760. The van der Waals surface area contributed by atoms with Crippen molar-refractivity contribution in [2.75, 3.05) is 19.8 Å². The Labute approximate surface area is 354 Å². The lowest BCUT2D eigenvalue weighted by molar-refractivity contribution is -0.123. The van der Waals surface area contributed by atoms with Crippen LogP contribution in [0.15, 0.2) is 12.2 Å². The summed E-state index contributed by atoms with van der Waals surface area (Å²) in [5.41, 5.74) is 5.39. The molecular weight excluding hydrogens is 732 g/mol. The topological polar surface area (TPSA) is 131 Å². The molecule has 0 heterocycles. The van der Waals surface area contributed by atoms with Gasteiger partial charge in [0.25, 0.3) is 0 Å². The fraction of sp³-hybridized carbons (Fsp3) is 0.938. The first-order valence-electron chi connectivity index (χ1n) is 24.8. The lowest BCUT2D eigenvalue weighted by Crippen LogP contribution is -2.45. The van der Waals surface area contributed by atoms with E-state index in [9.17, 15) is 19.4 Å². The van der Waals surface area contributed by atoms with Crippen LogP contribution in [-0.4, -0.2) is 47.8 Å². The molecule has 0 aromatic carbocycles. The third-order valence-electron chi connectivity index (χ3n) is 11.4. The summed E-state index contributed by atoms with van der Waals surface area (Å²) in [6, 6.07) is -0.855. The minimum absolute atomic E-state index is 0.0815. The van der Waals surface area contributed by atoms with E-state index >= 15 is 0 Å². The van der Waals surface area contributed by atoms with Crippen LogP contribution in [-0.2, 0) is 18.4 Å². The number of phosphoric ester groups is 1. The monoisotopic (exact) mass is 829 g/mol. The normalized spacial score (nSPS) is 14.0. The predicted octanol–water partition coefficient (Wildman–Crippen LogP) is 14.3. The Kier molecular flexibility index (Phi) is 44.2. The van der Waals surface area contributed by atoms with Gasteiger partial charge in [0.05, 0.1) is 25.4 Å². The molecule has 8 nitrogen and oxygen atoms in total. The molecule has 0 radical (unpaired) electrons.